The summed E-state index contributed by atoms with van der Waals surface area (Å²) in [5, 5.41) is 3.54. The van der Waals surface area contributed by atoms with Crippen molar-refractivity contribution in [2.75, 3.05) is 26.5 Å². The van der Waals surface area contributed by atoms with Gasteiger partial charge in [0.1, 0.15) is 11.9 Å². The van der Waals surface area contributed by atoms with Crippen LogP contribution in [-0.4, -0.2) is 54.2 Å². The minimum atomic E-state index is -0.607. The number of nitrogens with one attached hydrogen (secondary N) is 1. The second kappa shape index (κ2) is 10.9. The van der Waals surface area contributed by atoms with Crippen LogP contribution >= 0.6 is 11.8 Å². The fraction of sp³-hybridized carbons (Fsp3) is 0.214. The first-order valence-corrected chi connectivity index (χ1v) is 12.8. The highest BCUT2D eigenvalue weighted by atomic mass is 32.2. The van der Waals surface area contributed by atoms with E-state index >= 15 is 0 Å². The van der Waals surface area contributed by atoms with Crippen molar-refractivity contribution in [3.8, 4) is 11.5 Å². The van der Waals surface area contributed by atoms with E-state index in [1.807, 2.05) is 77.7 Å². The second-order valence-electron chi connectivity index (χ2n) is 8.45. The molecular formula is C28H26N4O4S. The molecule has 0 aliphatic carbocycles. The summed E-state index contributed by atoms with van der Waals surface area (Å²) >= 11 is 1.30. The van der Waals surface area contributed by atoms with Gasteiger partial charge in [0.15, 0.2) is 16.7 Å². The third-order valence-corrected chi connectivity index (χ3v) is 7.09. The molecule has 9 heteroatoms. The maximum absolute atomic E-state index is 13.0. The largest absolute Gasteiger partial charge is 0.493 e. The van der Waals surface area contributed by atoms with E-state index in [2.05, 4.69) is 10.3 Å². The molecule has 0 saturated carbocycles. The Morgan fingerprint density at radius 1 is 0.973 bits per heavy atom. The number of amides is 2. The predicted octanol–water partition coefficient (Wildman–Crippen LogP) is 4.13. The molecule has 1 atom stereocenters. The maximum Gasteiger partial charge on any atom is 0.275 e. The summed E-state index contributed by atoms with van der Waals surface area (Å²) in [6.45, 7) is 0.478. The Balaban J connectivity index is 1.27. The molecule has 188 valence electrons. The van der Waals surface area contributed by atoms with Gasteiger partial charge in [-0.05, 0) is 41.8 Å². The first-order valence-electron chi connectivity index (χ1n) is 11.8. The highest BCUT2D eigenvalue weighted by molar-refractivity contribution is 8.14. The molecule has 2 aliphatic heterocycles. The number of rotatable bonds is 8. The Kier molecular flexibility index (Phi) is 7.23. The smallest absolute Gasteiger partial charge is 0.275 e. The van der Waals surface area contributed by atoms with Crippen LogP contribution in [0, 0.1) is 0 Å². The van der Waals surface area contributed by atoms with Crippen molar-refractivity contribution >= 4 is 40.3 Å². The lowest BCUT2D eigenvalue weighted by atomic mass is 10.0. The normalized spacial score (nSPS) is 15.9. The molecule has 3 aromatic carbocycles. The van der Waals surface area contributed by atoms with Crippen LogP contribution in [0.25, 0.3) is 0 Å². The number of fused-ring (bicyclic) bond motifs is 3. The number of amidine groups is 2. The molecule has 8 nitrogen and oxygen atoms in total. The van der Waals surface area contributed by atoms with Crippen LogP contribution in [0.3, 0.4) is 0 Å². The molecule has 0 aromatic heterocycles. The molecule has 5 rings (SSSR count). The lowest BCUT2D eigenvalue weighted by Crippen LogP contribution is -2.39. The van der Waals surface area contributed by atoms with E-state index in [1.54, 1.807) is 14.2 Å². The fourth-order valence-electron chi connectivity index (χ4n) is 4.35. The van der Waals surface area contributed by atoms with Crippen molar-refractivity contribution < 1.29 is 19.1 Å². The Bertz CT molecular complexity index is 1390. The topological polar surface area (TPSA) is 92.6 Å². The number of methoxy groups -OCH3 is 2. The van der Waals surface area contributed by atoms with E-state index in [-0.39, 0.29) is 17.6 Å². The first-order chi connectivity index (χ1) is 18.1. The van der Waals surface area contributed by atoms with E-state index in [0.29, 0.717) is 35.5 Å². The third-order valence-electron chi connectivity index (χ3n) is 6.13. The summed E-state index contributed by atoms with van der Waals surface area (Å²) in [7, 11) is 3.19. The van der Waals surface area contributed by atoms with Gasteiger partial charge < -0.3 is 14.8 Å². The van der Waals surface area contributed by atoms with Crippen molar-refractivity contribution in [3.05, 3.63) is 89.5 Å². The Morgan fingerprint density at radius 3 is 2.51 bits per heavy atom. The average Bonchev–Trinajstić information content (AvgIpc) is 3.29. The molecule has 3 aromatic rings. The molecule has 2 amide bonds. The summed E-state index contributed by atoms with van der Waals surface area (Å²) < 4.78 is 10.6. The van der Waals surface area contributed by atoms with E-state index in [0.717, 1.165) is 22.4 Å². The molecule has 37 heavy (non-hydrogen) atoms. The molecule has 0 fully saturated rings. The predicted molar refractivity (Wildman–Crippen MR) is 145 cm³/mol. The van der Waals surface area contributed by atoms with Gasteiger partial charge in [0.05, 0.1) is 25.7 Å². The summed E-state index contributed by atoms with van der Waals surface area (Å²) in [5.74, 6) is 1.69. The van der Waals surface area contributed by atoms with Gasteiger partial charge in [-0.15, -0.1) is 0 Å². The monoisotopic (exact) mass is 514 g/mol. The van der Waals surface area contributed by atoms with Gasteiger partial charge in [0.25, 0.3) is 5.91 Å². The molecule has 0 saturated heterocycles. The Labute approximate surface area is 219 Å². The second-order valence-corrected chi connectivity index (χ2v) is 9.39. The minimum Gasteiger partial charge on any atom is -0.493 e. The fourth-order valence-corrected chi connectivity index (χ4v) is 5.21. The van der Waals surface area contributed by atoms with Crippen LogP contribution in [0.15, 0.2) is 82.8 Å². The minimum absolute atomic E-state index is 0.118. The Morgan fingerprint density at radius 2 is 1.73 bits per heavy atom. The van der Waals surface area contributed by atoms with Crippen molar-refractivity contribution in [3.63, 3.8) is 0 Å². The van der Waals surface area contributed by atoms with E-state index in [1.165, 1.54) is 11.8 Å². The number of carbonyl (C=O) groups is 2. The number of ether oxygens (including phenoxy) is 2. The van der Waals surface area contributed by atoms with Crippen molar-refractivity contribution in [2.45, 2.75) is 12.5 Å². The molecule has 2 aliphatic rings. The molecule has 1 N–H and O–H groups in total. The number of nitrogens with zero attached hydrogens (tertiary/aromatic N) is 3. The van der Waals surface area contributed by atoms with Crippen LogP contribution in [0.4, 0.5) is 5.69 Å². The molecule has 1 unspecified atom stereocenters. The van der Waals surface area contributed by atoms with Gasteiger partial charge in [-0.2, -0.15) is 4.99 Å². The highest BCUT2D eigenvalue weighted by Crippen LogP contribution is 2.39. The van der Waals surface area contributed by atoms with Gasteiger partial charge in [-0.3, -0.25) is 14.5 Å². The zero-order valence-corrected chi connectivity index (χ0v) is 21.3. The summed E-state index contributed by atoms with van der Waals surface area (Å²) in [4.78, 5) is 36.7. The lowest BCUT2D eigenvalue weighted by molar-refractivity contribution is -0.120. The quantitative estimate of drug-likeness (QED) is 0.486. The highest BCUT2D eigenvalue weighted by Gasteiger charge is 2.42. The zero-order valence-electron chi connectivity index (χ0n) is 20.5. The van der Waals surface area contributed by atoms with Gasteiger partial charge in [0.2, 0.25) is 5.91 Å². The number of hydrogen-bond donors (Lipinski definition) is 1. The standard InChI is InChI=1S/C28H26N4O4S/c1-35-22-13-12-18(16-23(22)36-2)14-15-29-24(33)17-37-28-30-21-11-7-6-10-20(21)26-31-27(34)25(32(26)28)19-8-4-3-5-9-19/h3-13,16,25H,14-15,17H2,1-2H3,(H,29,33). The number of benzene rings is 3. The van der Waals surface area contributed by atoms with Crippen LogP contribution in [0.2, 0.25) is 0 Å². The summed E-state index contributed by atoms with van der Waals surface area (Å²) in [5.41, 5.74) is 3.40. The van der Waals surface area contributed by atoms with Crippen LogP contribution < -0.4 is 14.8 Å². The van der Waals surface area contributed by atoms with Crippen LogP contribution in [0.1, 0.15) is 22.7 Å². The number of carbonyl (C=O) groups excluding carboxylic acids is 2. The number of thioether (sulfide) groups is 1. The molecular weight excluding hydrogens is 488 g/mol. The van der Waals surface area contributed by atoms with Crippen LogP contribution in [-0.2, 0) is 16.0 Å². The van der Waals surface area contributed by atoms with Gasteiger partial charge >= 0.3 is 0 Å². The third kappa shape index (κ3) is 5.08. The van der Waals surface area contributed by atoms with Crippen molar-refractivity contribution in [1.29, 1.82) is 0 Å². The number of aliphatic imine (C=N–C) groups is 2. The number of hydrogen-bond acceptors (Lipinski definition) is 7. The Hall–Kier alpha value is -4.11. The van der Waals surface area contributed by atoms with E-state index in [4.69, 9.17) is 14.5 Å². The maximum atomic E-state index is 13.0. The zero-order chi connectivity index (χ0) is 25.8. The van der Waals surface area contributed by atoms with Crippen molar-refractivity contribution in [2.24, 2.45) is 9.98 Å². The summed E-state index contributed by atoms with van der Waals surface area (Å²) in [6.07, 6.45) is 0.651. The number of para-hydroxylation sites is 1. The van der Waals surface area contributed by atoms with E-state index in [9.17, 15) is 9.59 Å². The average molecular weight is 515 g/mol. The summed E-state index contributed by atoms with van der Waals surface area (Å²) in [6, 6.07) is 22.2. The molecule has 0 radical (unpaired) electrons. The molecule has 0 spiro atoms. The van der Waals surface area contributed by atoms with E-state index < -0.39 is 6.04 Å². The van der Waals surface area contributed by atoms with Gasteiger partial charge in [0, 0.05) is 12.1 Å². The molecule has 0 bridgehead atoms. The SMILES string of the molecule is COc1ccc(CCNC(=O)CSC2=Nc3ccccc3C3=NC(=O)C(c4ccccc4)N23)cc1OC. The van der Waals surface area contributed by atoms with Crippen molar-refractivity contribution in [1.82, 2.24) is 10.2 Å². The molecule has 2 heterocycles. The first kappa shape index (κ1) is 24.6. The van der Waals surface area contributed by atoms with Gasteiger partial charge in [-0.1, -0.05) is 60.3 Å². The van der Waals surface area contributed by atoms with Crippen LogP contribution in [0.5, 0.6) is 11.5 Å². The van der Waals surface area contributed by atoms with Gasteiger partial charge in [-0.25, -0.2) is 4.99 Å². The lowest BCUT2D eigenvalue weighted by Gasteiger charge is -2.31.